The van der Waals surface area contributed by atoms with Gasteiger partial charge in [-0.3, -0.25) is 4.79 Å². The average molecular weight is 352 g/mol. The molecule has 0 aromatic heterocycles. The van der Waals surface area contributed by atoms with Crippen LogP contribution < -0.4 is 10.2 Å². The zero-order valence-electron chi connectivity index (χ0n) is 15.8. The predicted molar refractivity (Wildman–Crippen MR) is 106 cm³/mol. The maximum Gasteiger partial charge on any atom is 0.232 e. The van der Waals surface area contributed by atoms with E-state index in [4.69, 9.17) is 0 Å². The van der Waals surface area contributed by atoms with Crippen LogP contribution in [0.3, 0.4) is 0 Å². The molecule has 26 heavy (non-hydrogen) atoms. The molecule has 1 saturated heterocycles. The number of nitrogens with one attached hydrogen (secondary N) is 2. The summed E-state index contributed by atoms with van der Waals surface area (Å²) in [5, 5.41) is 3.18. The van der Waals surface area contributed by atoms with E-state index in [2.05, 4.69) is 12.2 Å². The van der Waals surface area contributed by atoms with Crippen LogP contribution in [0.5, 0.6) is 0 Å². The van der Waals surface area contributed by atoms with Crippen LogP contribution in [-0.4, -0.2) is 32.1 Å². The van der Waals surface area contributed by atoms with Gasteiger partial charge in [0.05, 0.1) is 25.6 Å². The molecule has 0 saturated carbocycles. The van der Waals surface area contributed by atoms with E-state index in [0.29, 0.717) is 0 Å². The van der Waals surface area contributed by atoms with Gasteiger partial charge in [-0.05, 0) is 29.9 Å². The van der Waals surface area contributed by atoms with E-state index < -0.39 is 0 Å². The topological polar surface area (TPSA) is 33.5 Å². The number of carbonyl (C=O) groups excluding carboxylic acids is 1. The molecule has 0 radical (unpaired) electrons. The number of quaternary nitrogens is 1. The molecular formula is C23H31N2O+. The van der Waals surface area contributed by atoms with Crippen LogP contribution in [0, 0.1) is 5.92 Å². The van der Waals surface area contributed by atoms with Crippen molar-refractivity contribution in [1.29, 1.82) is 0 Å². The highest BCUT2D eigenvalue weighted by molar-refractivity contribution is 5.87. The fraction of sp³-hybridized carbons (Fsp3) is 0.435. The van der Waals surface area contributed by atoms with Crippen LogP contribution >= 0.6 is 0 Å². The molecule has 2 aromatic carbocycles. The lowest BCUT2D eigenvalue weighted by Crippen LogP contribution is -3.13. The van der Waals surface area contributed by atoms with Gasteiger partial charge in [0.15, 0.2) is 0 Å². The Balaban J connectivity index is 1.55. The quantitative estimate of drug-likeness (QED) is 0.739. The first-order chi connectivity index (χ1) is 12.7. The van der Waals surface area contributed by atoms with Gasteiger partial charge in [0, 0.05) is 13.0 Å². The van der Waals surface area contributed by atoms with Crippen molar-refractivity contribution in [2.45, 2.75) is 32.1 Å². The summed E-state index contributed by atoms with van der Waals surface area (Å²) in [6.07, 6.45) is 3.73. The van der Waals surface area contributed by atoms with E-state index in [1.165, 1.54) is 25.9 Å². The second kappa shape index (κ2) is 9.54. The van der Waals surface area contributed by atoms with Crippen LogP contribution in [0.15, 0.2) is 60.7 Å². The van der Waals surface area contributed by atoms with E-state index in [0.717, 1.165) is 36.6 Å². The largest absolute Gasteiger partial charge is 0.355 e. The van der Waals surface area contributed by atoms with Gasteiger partial charge in [-0.15, -0.1) is 0 Å². The smallest absolute Gasteiger partial charge is 0.232 e. The molecule has 1 fully saturated rings. The number of rotatable bonds is 7. The molecule has 2 N–H and O–H groups in total. The van der Waals surface area contributed by atoms with Crippen molar-refractivity contribution < 1.29 is 9.69 Å². The Morgan fingerprint density at radius 2 is 1.54 bits per heavy atom. The second-order valence-electron chi connectivity index (χ2n) is 7.58. The lowest BCUT2D eigenvalue weighted by Gasteiger charge is -2.27. The van der Waals surface area contributed by atoms with Crippen molar-refractivity contribution in [3.05, 3.63) is 71.8 Å². The third-order valence-corrected chi connectivity index (χ3v) is 5.52. The molecule has 0 aliphatic carbocycles. The Morgan fingerprint density at radius 3 is 2.08 bits per heavy atom. The summed E-state index contributed by atoms with van der Waals surface area (Å²) in [4.78, 5) is 14.6. The van der Waals surface area contributed by atoms with Gasteiger partial charge >= 0.3 is 0 Å². The van der Waals surface area contributed by atoms with Crippen LogP contribution in [0.1, 0.15) is 43.2 Å². The summed E-state index contributed by atoms with van der Waals surface area (Å²) in [7, 11) is 0. The van der Waals surface area contributed by atoms with Gasteiger partial charge in [-0.25, -0.2) is 0 Å². The molecule has 0 unspecified atom stereocenters. The first-order valence-electron chi connectivity index (χ1n) is 9.95. The molecule has 3 rings (SSSR count). The number of piperidine rings is 1. The Labute approximate surface area is 157 Å². The van der Waals surface area contributed by atoms with Crippen molar-refractivity contribution in [3.63, 3.8) is 0 Å². The third-order valence-electron chi connectivity index (χ3n) is 5.52. The Hall–Kier alpha value is -2.13. The van der Waals surface area contributed by atoms with Crippen LogP contribution in [-0.2, 0) is 4.79 Å². The molecule has 0 spiro atoms. The van der Waals surface area contributed by atoms with Crippen molar-refractivity contribution >= 4 is 5.91 Å². The standard InChI is InChI=1S/C23H30N2O/c1-19-13-17-25(18-14-19)16-8-15-24-23(26)22(20-9-4-2-5-10-20)21-11-6-3-7-12-21/h2-7,9-12,19,22H,8,13-18H2,1H3,(H,24,26)/p+1. The first-order valence-corrected chi connectivity index (χ1v) is 9.95. The highest BCUT2D eigenvalue weighted by atomic mass is 16.1. The molecule has 138 valence electrons. The van der Waals surface area contributed by atoms with Crippen LogP contribution in [0.4, 0.5) is 0 Å². The summed E-state index contributed by atoms with van der Waals surface area (Å²) in [6.45, 7) is 6.84. The Kier molecular flexibility index (Phi) is 6.84. The normalized spacial score (nSPS) is 20.1. The zero-order valence-corrected chi connectivity index (χ0v) is 15.8. The SMILES string of the molecule is CC1CC[NH+](CCCNC(=O)C(c2ccccc2)c2ccccc2)CC1. The van der Waals surface area contributed by atoms with Gasteiger partial charge in [0.2, 0.25) is 5.91 Å². The highest BCUT2D eigenvalue weighted by Gasteiger charge is 2.22. The summed E-state index contributed by atoms with van der Waals surface area (Å²) >= 11 is 0. The van der Waals surface area contributed by atoms with Crippen LogP contribution in [0.25, 0.3) is 0 Å². The van der Waals surface area contributed by atoms with E-state index in [-0.39, 0.29) is 11.8 Å². The van der Waals surface area contributed by atoms with Crippen molar-refractivity contribution in [1.82, 2.24) is 5.32 Å². The molecule has 3 nitrogen and oxygen atoms in total. The Morgan fingerprint density at radius 1 is 1.00 bits per heavy atom. The molecule has 1 amide bonds. The number of amides is 1. The molecule has 1 heterocycles. The lowest BCUT2D eigenvalue weighted by atomic mass is 9.90. The fourth-order valence-corrected chi connectivity index (χ4v) is 3.86. The minimum absolute atomic E-state index is 0.102. The van der Waals surface area contributed by atoms with Crippen molar-refractivity contribution in [2.75, 3.05) is 26.2 Å². The summed E-state index contributed by atoms with van der Waals surface area (Å²) in [5.41, 5.74) is 2.10. The van der Waals surface area contributed by atoms with Gasteiger partial charge in [0.1, 0.15) is 0 Å². The summed E-state index contributed by atoms with van der Waals surface area (Å²) in [5.74, 6) is 0.751. The van der Waals surface area contributed by atoms with Crippen molar-refractivity contribution in [3.8, 4) is 0 Å². The minimum atomic E-state index is -0.236. The molecular weight excluding hydrogens is 320 g/mol. The zero-order chi connectivity index (χ0) is 18.2. The second-order valence-corrected chi connectivity index (χ2v) is 7.58. The summed E-state index contributed by atoms with van der Waals surface area (Å²) < 4.78 is 0. The predicted octanol–water partition coefficient (Wildman–Crippen LogP) is 2.64. The monoisotopic (exact) mass is 351 g/mol. The molecule has 2 aromatic rings. The van der Waals surface area contributed by atoms with Gasteiger partial charge in [-0.2, -0.15) is 0 Å². The van der Waals surface area contributed by atoms with Crippen molar-refractivity contribution in [2.24, 2.45) is 5.92 Å². The number of hydrogen-bond donors (Lipinski definition) is 2. The maximum atomic E-state index is 12.9. The lowest BCUT2D eigenvalue weighted by molar-refractivity contribution is -0.906. The molecule has 1 aliphatic rings. The third kappa shape index (κ3) is 5.18. The number of hydrogen-bond acceptors (Lipinski definition) is 1. The number of benzene rings is 2. The van der Waals surface area contributed by atoms with Crippen LogP contribution in [0.2, 0.25) is 0 Å². The van der Waals surface area contributed by atoms with Gasteiger partial charge in [0.25, 0.3) is 0 Å². The van der Waals surface area contributed by atoms with E-state index >= 15 is 0 Å². The number of likely N-dealkylation sites (tertiary alicyclic amines) is 1. The first kappa shape index (κ1) is 18.7. The average Bonchev–Trinajstić information content (AvgIpc) is 2.68. The highest BCUT2D eigenvalue weighted by Crippen LogP contribution is 2.24. The van der Waals surface area contributed by atoms with Gasteiger partial charge in [-0.1, -0.05) is 67.6 Å². The molecule has 0 bridgehead atoms. The number of carbonyl (C=O) groups is 1. The van der Waals surface area contributed by atoms with Gasteiger partial charge < -0.3 is 10.2 Å². The fourth-order valence-electron chi connectivity index (χ4n) is 3.86. The maximum absolute atomic E-state index is 12.9. The molecule has 1 aliphatic heterocycles. The van der Waals surface area contributed by atoms with E-state index in [9.17, 15) is 4.79 Å². The minimum Gasteiger partial charge on any atom is -0.355 e. The summed E-state index contributed by atoms with van der Waals surface area (Å²) in [6, 6.07) is 20.1. The Bertz CT molecular complexity index is 624. The molecule has 0 atom stereocenters. The van der Waals surface area contributed by atoms with E-state index in [1.54, 1.807) is 4.90 Å². The van der Waals surface area contributed by atoms with E-state index in [1.807, 2.05) is 60.7 Å². The molecule has 3 heteroatoms.